The molecule has 2 aliphatic rings. The molecule has 0 atom stereocenters. The highest BCUT2D eigenvalue weighted by molar-refractivity contribution is 6.20. The lowest BCUT2D eigenvalue weighted by Gasteiger charge is -2.28. The molecule has 2 aliphatic heterocycles. The van der Waals surface area contributed by atoms with E-state index in [1.807, 2.05) is 0 Å². The van der Waals surface area contributed by atoms with Crippen molar-refractivity contribution in [2.45, 2.75) is 12.4 Å². The molecule has 40 heavy (non-hydrogen) atoms. The van der Waals surface area contributed by atoms with Crippen molar-refractivity contribution in [2.75, 3.05) is 25.9 Å². The average Bonchev–Trinajstić information content (AvgIpc) is 3.34. The van der Waals surface area contributed by atoms with Gasteiger partial charge in [0.2, 0.25) is 11.9 Å². The summed E-state index contributed by atoms with van der Waals surface area (Å²) in [5.41, 5.74) is 6.82. The molecule has 20 heteroatoms. The number of aliphatic imine (C=N–C) groups is 2. The van der Waals surface area contributed by atoms with E-state index in [9.17, 15) is 36.2 Å². The summed E-state index contributed by atoms with van der Waals surface area (Å²) in [5, 5.41) is 27.0. The van der Waals surface area contributed by atoms with Crippen molar-refractivity contribution in [2.24, 2.45) is 9.98 Å². The number of amidine groups is 1. The zero-order valence-corrected chi connectivity index (χ0v) is 19.8. The predicted octanol–water partition coefficient (Wildman–Crippen LogP) is 1.53. The zero-order valence-electron chi connectivity index (χ0n) is 19.8. The number of aromatic hydroxyl groups is 1. The molecule has 0 fully saturated rings. The number of carboxylic acid groups (broad SMARTS) is 2. The van der Waals surface area contributed by atoms with Crippen LogP contribution in [0.25, 0.3) is 0 Å². The molecule has 0 unspecified atom stereocenters. The number of phenolic OH excluding ortho intramolecular Hbond substituents is 1. The number of nitrogen functional groups attached to an aromatic ring is 1. The maximum atomic E-state index is 12.5. The van der Waals surface area contributed by atoms with Gasteiger partial charge in [0.25, 0.3) is 5.91 Å². The Bertz CT molecular complexity index is 1320. The average molecular weight is 581 g/mol. The van der Waals surface area contributed by atoms with Crippen molar-refractivity contribution >= 4 is 41.3 Å². The number of phenols is 1. The molecule has 0 saturated carbocycles. The standard InChI is InChI=1S/C16H15N7O3.2C2HF3O2/c1-26-12-10(24)3-2-9-11(12)21-16(23-5-4-18-13(9)23)22-14(25)8-6-19-15(17)20-7-8;2*3-2(4,5)1(6)7/h2-3,6-7,24H,4-5H2,1H3,(H2,17,19,20)(H,21,22,25);2*(H,6,7). The van der Waals surface area contributed by atoms with Crippen molar-refractivity contribution < 1.29 is 60.8 Å². The lowest BCUT2D eigenvalue weighted by atomic mass is 10.1. The Labute approximate surface area is 218 Å². The van der Waals surface area contributed by atoms with Crippen molar-refractivity contribution in [3.05, 3.63) is 35.7 Å². The second-order valence-electron chi connectivity index (χ2n) is 7.20. The number of carbonyl (C=O) groups excluding carboxylic acids is 1. The van der Waals surface area contributed by atoms with E-state index in [2.05, 4.69) is 25.3 Å². The number of rotatable bonds is 2. The molecule has 0 bridgehead atoms. The summed E-state index contributed by atoms with van der Waals surface area (Å²) in [6, 6.07) is 3.25. The van der Waals surface area contributed by atoms with Gasteiger partial charge in [0.05, 0.1) is 19.2 Å². The molecule has 3 heterocycles. The van der Waals surface area contributed by atoms with Crippen molar-refractivity contribution in [1.82, 2.24) is 20.2 Å². The number of hydrogen-bond donors (Lipinski definition) is 5. The van der Waals surface area contributed by atoms with Crippen LogP contribution in [0.2, 0.25) is 0 Å². The van der Waals surface area contributed by atoms with Crippen LogP contribution in [0.3, 0.4) is 0 Å². The molecule has 0 radical (unpaired) electrons. The molecular weight excluding hydrogens is 564 g/mol. The first-order valence-corrected chi connectivity index (χ1v) is 10.3. The Hall–Kier alpha value is -5.17. The third-order valence-electron chi connectivity index (χ3n) is 4.51. The second-order valence-corrected chi connectivity index (χ2v) is 7.20. The van der Waals surface area contributed by atoms with Gasteiger partial charge in [-0.25, -0.2) is 24.5 Å². The quantitative estimate of drug-likeness (QED) is 0.321. The Kier molecular flexibility index (Phi) is 9.41. The minimum absolute atomic E-state index is 0.0420. The van der Waals surface area contributed by atoms with Gasteiger partial charge in [0.15, 0.2) is 11.5 Å². The number of carboxylic acids is 2. The smallest absolute Gasteiger partial charge is 0.490 e. The summed E-state index contributed by atoms with van der Waals surface area (Å²) >= 11 is 0. The van der Waals surface area contributed by atoms with Gasteiger partial charge in [-0.3, -0.25) is 20.0 Å². The summed E-state index contributed by atoms with van der Waals surface area (Å²) in [7, 11) is 1.44. The monoisotopic (exact) mass is 581 g/mol. The molecule has 216 valence electrons. The number of hydrogen-bond acceptors (Lipinski definition) is 11. The normalized spacial score (nSPS) is 13.6. The zero-order chi connectivity index (χ0) is 30.4. The molecule has 4 rings (SSSR count). The molecule has 2 aromatic rings. The Morgan fingerprint density at radius 3 is 2.02 bits per heavy atom. The highest BCUT2D eigenvalue weighted by atomic mass is 19.4. The number of benzene rings is 1. The van der Waals surface area contributed by atoms with Crippen LogP contribution in [0.4, 0.5) is 38.0 Å². The van der Waals surface area contributed by atoms with Gasteiger partial charge in [0.1, 0.15) is 11.5 Å². The third-order valence-corrected chi connectivity index (χ3v) is 4.51. The van der Waals surface area contributed by atoms with E-state index >= 15 is 0 Å². The Morgan fingerprint density at radius 1 is 1.02 bits per heavy atom. The molecule has 1 aromatic carbocycles. The SMILES string of the molecule is COc1c(O)ccc2c1N=C(NC(=O)c1cnc(N)nc1)N1CCN=C21.O=C(O)C(F)(F)F.O=C(O)C(F)(F)F. The molecular formula is C20H17F6N7O7. The first-order chi connectivity index (χ1) is 18.5. The number of guanidine groups is 1. The van der Waals surface area contributed by atoms with Crippen LogP contribution >= 0.6 is 0 Å². The number of alkyl halides is 6. The Balaban J connectivity index is 0.000000333. The summed E-state index contributed by atoms with van der Waals surface area (Å²) in [6.45, 7) is 1.15. The fraction of sp³-hybridized carbons (Fsp3) is 0.250. The number of nitrogens with zero attached hydrogens (tertiary/aromatic N) is 5. The molecule has 0 spiro atoms. The van der Waals surface area contributed by atoms with E-state index in [-0.39, 0.29) is 23.0 Å². The number of nitrogens with one attached hydrogen (secondary N) is 1. The van der Waals surface area contributed by atoms with E-state index < -0.39 is 30.2 Å². The summed E-state index contributed by atoms with van der Waals surface area (Å²) in [5.74, 6) is -4.73. The van der Waals surface area contributed by atoms with Gasteiger partial charge in [-0.05, 0) is 12.1 Å². The van der Waals surface area contributed by atoms with Crippen molar-refractivity contribution in [3.63, 3.8) is 0 Å². The number of anilines is 1. The van der Waals surface area contributed by atoms with Gasteiger partial charge < -0.3 is 25.8 Å². The van der Waals surface area contributed by atoms with E-state index in [0.717, 1.165) is 5.56 Å². The molecule has 6 N–H and O–H groups in total. The van der Waals surface area contributed by atoms with Crippen molar-refractivity contribution in [1.29, 1.82) is 0 Å². The van der Waals surface area contributed by atoms with E-state index in [1.165, 1.54) is 25.6 Å². The molecule has 0 aliphatic carbocycles. The van der Waals surface area contributed by atoms with Crippen LogP contribution in [0.1, 0.15) is 15.9 Å². The number of aliphatic carboxylic acids is 2. The molecule has 14 nitrogen and oxygen atoms in total. The number of aromatic nitrogens is 2. The number of halogens is 6. The first-order valence-electron chi connectivity index (χ1n) is 10.3. The van der Waals surface area contributed by atoms with Crippen LogP contribution in [0.15, 0.2) is 34.5 Å². The van der Waals surface area contributed by atoms with E-state index in [4.69, 9.17) is 30.3 Å². The Morgan fingerprint density at radius 2 is 1.55 bits per heavy atom. The number of carbonyl (C=O) groups is 3. The maximum Gasteiger partial charge on any atom is 0.490 e. The van der Waals surface area contributed by atoms with Gasteiger partial charge >= 0.3 is 24.3 Å². The minimum atomic E-state index is -5.08. The summed E-state index contributed by atoms with van der Waals surface area (Å²) in [4.78, 5) is 48.7. The van der Waals surface area contributed by atoms with Crippen LogP contribution in [0.5, 0.6) is 11.5 Å². The van der Waals surface area contributed by atoms with E-state index in [1.54, 1.807) is 11.0 Å². The van der Waals surface area contributed by atoms with Crippen LogP contribution in [0, 0.1) is 0 Å². The lowest BCUT2D eigenvalue weighted by molar-refractivity contribution is -0.193. The first kappa shape index (κ1) is 31.1. The van der Waals surface area contributed by atoms with Gasteiger partial charge in [-0.2, -0.15) is 26.3 Å². The largest absolute Gasteiger partial charge is 0.504 e. The number of methoxy groups -OCH3 is 1. The van der Waals surface area contributed by atoms with Crippen LogP contribution in [-0.4, -0.2) is 92.4 Å². The third kappa shape index (κ3) is 7.68. The van der Waals surface area contributed by atoms with Crippen LogP contribution in [-0.2, 0) is 9.59 Å². The number of fused-ring (bicyclic) bond motifs is 3. The fourth-order valence-corrected chi connectivity index (χ4v) is 2.83. The molecule has 1 amide bonds. The second kappa shape index (κ2) is 12.1. The number of nitrogens with two attached hydrogens (primary N) is 1. The molecule has 0 saturated heterocycles. The summed E-state index contributed by atoms with van der Waals surface area (Å²) in [6.07, 6.45) is -7.50. The van der Waals surface area contributed by atoms with Crippen molar-refractivity contribution in [3.8, 4) is 11.5 Å². The minimum Gasteiger partial charge on any atom is -0.504 e. The summed E-state index contributed by atoms with van der Waals surface area (Å²) < 4.78 is 68.7. The number of amides is 1. The molecule has 1 aromatic heterocycles. The van der Waals surface area contributed by atoms with E-state index in [0.29, 0.717) is 30.6 Å². The topological polar surface area (TPSA) is 213 Å². The van der Waals surface area contributed by atoms with Crippen LogP contribution < -0.4 is 15.8 Å². The highest BCUT2D eigenvalue weighted by Gasteiger charge is 2.39. The maximum absolute atomic E-state index is 12.5. The number of ether oxygens (including phenoxy) is 1. The van der Waals surface area contributed by atoms with Gasteiger partial charge in [-0.1, -0.05) is 0 Å². The lowest BCUT2D eigenvalue weighted by Crippen LogP contribution is -2.47. The highest BCUT2D eigenvalue weighted by Crippen LogP contribution is 2.42. The predicted molar refractivity (Wildman–Crippen MR) is 121 cm³/mol. The fourth-order valence-electron chi connectivity index (χ4n) is 2.83. The van der Waals surface area contributed by atoms with Gasteiger partial charge in [-0.15, -0.1) is 0 Å². The van der Waals surface area contributed by atoms with Gasteiger partial charge in [0, 0.05) is 24.5 Å².